The van der Waals surface area contributed by atoms with Crippen LogP contribution < -0.4 is 5.32 Å². The van der Waals surface area contributed by atoms with Crippen LogP contribution in [0.5, 0.6) is 5.75 Å². The first-order chi connectivity index (χ1) is 7.81. The Balaban J connectivity index is 2.35. The molecule has 80 valence electrons. The quantitative estimate of drug-likeness (QED) is 0.770. The van der Waals surface area contributed by atoms with E-state index in [-0.39, 0.29) is 5.75 Å². The van der Waals surface area contributed by atoms with Gasteiger partial charge in [-0.2, -0.15) is 0 Å². The molecule has 0 saturated carbocycles. The third-order valence-electron chi connectivity index (χ3n) is 2.33. The van der Waals surface area contributed by atoms with Crippen molar-refractivity contribution in [3.63, 3.8) is 0 Å². The van der Waals surface area contributed by atoms with Crippen LogP contribution in [-0.2, 0) is 4.79 Å². The lowest BCUT2D eigenvalue weighted by molar-refractivity contribution is -0.105. The molecule has 0 unspecified atom stereocenters. The number of carbonyl (C=O) groups is 1. The SMILES string of the molecule is O=CNc1ccc(-c2ccccc2O)cc1. The van der Waals surface area contributed by atoms with E-state index < -0.39 is 0 Å². The average molecular weight is 213 g/mol. The van der Waals surface area contributed by atoms with Gasteiger partial charge >= 0.3 is 0 Å². The molecular formula is C13H11NO2. The van der Waals surface area contributed by atoms with Crippen LogP contribution in [0.25, 0.3) is 11.1 Å². The van der Waals surface area contributed by atoms with Crippen LogP contribution in [-0.4, -0.2) is 11.5 Å². The van der Waals surface area contributed by atoms with Gasteiger partial charge in [0.15, 0.2) is 0 Å². The molecule has 3 heteroatoms. The summed E-state index contributed by atoms with van der Waals surface area (Å²) in [5.74, 6) is 0.249. The molecular weight excluding hydrogens is 202 g/mol. The van der Waals surface area contributed by atoms with E-state index >= 15 is 0 Å². The van der Waals surface area contributed by atoms with Crippen molar-refractivity contribution in [2.45, 2.75) is 0 Å². The van der Waals surface area contributed by atoms with Gasteiger partial charge in [0.1, 0.15) is 5.75 Å². The maximum atomic E-state index is 10.2. The summed E-state index contributed by atoms with van der Waals surface area (Å²) >= 11 is 0. The molecule has 0 atom stereocenters. The Morgan fingerprint density at radius 2 is 1.69 bits per heavy atom. The number of para-hydroxylation sites is 1. The molecule has 0 aliphatic carbocycles. The Morgan fingerprint density at radius 1 is 1.00 bits per heavy atom. The van der Waals surface area contributed by atoms with Crippen molar-refractivity contribution in [1.29, 1.82) is 0 Å². The van der Waals surface area contributed by atoms with Crippen molar-refractivity contribution < 1.29 is 9.90 Å². The molecule has 2 aromatic carbocycles. The third kappa shape index (κ3) is 2.03. The van der Waals surface area contributed by atoms with Gasteiger partial charge in [0.2, 0.25) is 6.41 Å². The minimum absolute atomic E-state index is 0.249. The summed E-state index contributed by atoms with van der Waals surface area (Å²) in [6, 6.07) is 14.4. The second kappa shape index (κ2) is 4.49. The first-order valence-corrected chi connectivity index (χ1v) is 4.90. The van der Waals surface area contributed by atoms with Gasteiger partial charge in [0, 0.05) is 11.3 Å². The summed E-state index contributed by atoms with van der Waals surface area (Å²) in [7, 11) is 0. The number of rotatable bonds is 3. The van der Waals surface area contributed by atoms with Gasteiger partial charge < -0.3 is 10.4 Å². The molecule has 0 fully saturated rings. The van der Waals surface area contributed by atoms with Crippen molar-refractivity contribution in [3.8, 4) is 16.9 Å². The van der Waals surface area contributed by atoms with Crippen LogP contribution in [0.3, 0.4) is 0 Å². The molecule has 0 aliphatic rings. The van der Waals surface area contributed by atoms with Crippen LogP contribution in [0.4, 0.5) is 5.69 Å². The van der Waals surface area contributed by atoms with E-state index in [2.05, 4.69) is 5.32 Å². The van der Waals surface area contributed by atoms with E-state index in [0.29, 0.717) is 6.41 Å². The van der Waals surface area contributed by atoms with Crippen molar-refractivity contribution in [2.24, 2.45) is 0 Å². The minimum Gasteiger partial charge on any atom is -0.507 e. The fraction of sp³-hybridized carbons (Fsp3) is 0. The smallest absolute Gasteiger partial charge is 0.211 e. The second-order valence-electron chi connectivity index (χ2n) is 3.36. The van der Waals surface area contributed by atoms with E-state index in [1.807, 2.05) is 24.3 Å². The van der Waals surface area contributed by atoms with Gasteiger partial charge in [0.05, 0.1) is 0 Å². The summed E-state index contributed by atoms with van der Waals surface area (Å²) in [4.78, 5) is 10.2. The Labute approximate surface area is 93.4 Å². The molecule has 0 saturated heterocycles. The first kappa shape index (κ1) is 10.2. The van der Waals surface area contributed by atoms with E-state index in [9.17, 15) is 9.90 Å². The Hall–Kier alpha value is -2.29. The maximum absolute atomic E-state index is 10.2. The van der Waals surface area contributed by atoms with Crippen molar-refractivity contribution >= 4 is 12.1 Å². The predicted octanol–water partition coefficient (Wildman–Crippen LogP) is 2.63. The largest absolute Gasteiger partial charge is 0.507 e. The van der Waals surface area contributed by atoms with Gasteiger partial charge in [-0.25, -0.2) is 0 Å². The average Bonchev–Trinajstić information content (AvgIpc) is 2.31. The molecule has 2 aromatic rings. The predicted molar refractivity (Wildman–Crippen MR) is 63.2 cm³/mol. The molecule has 1 amide bonds. The lowest BCUT2D eigenvalue weighted by atomic mass is 10.0. The van der Waals surface area contributed by atoms with Crippen molar-refractivity contribution in [1.82, 2.24) is 0 Å². The maximum Gasteiger partial charge on any atom is 0.211 e. The van der Waals surface area contributed by atoms with Crippen LogP contribution in [0, 0.1) is 0 Å². The van der Waals surface area contributed by atoms with E-state index in [0.717, 1.165) is 16.8 Å². The zero-order chi connectivity index (χ0) is 11.4. The van der Waals surface area contributed by atoms with E-state index in [1.54, 1.807) is 24.3 Å². The number of hydrogen-bond donors (Lipinski definition) is 2. The number of phenols is 1. The highest BCUT2D eigenvalue weighted by Gasteiger charge is 2.02. The fourth-order valence-corrected chi connectivity index (χ4v) is 1.53. The third-order valence-corrected chi connectivity index (χ3v) is 2.33. The highest BCUT2D eigenvalue weighted by molar-refractivity contribution is 5.75. The number of amides is 1. The summed E-state index contributed by atoms with van der Waals surface area (Å²) in [5, 5.41) is 12.2. The summed E-state index contributed by atoms with van der Waals surface area (Å²) in [6.45, 7) is 0. The molecule has 3 nitrogen and oxygen atoms in total. The number of nitrogens with one attached hydrogen (secondary N) is 1. The van der Waals surface area contributed by atoms with E-state index in [1.165, 1.54) is 0 Å². The fourth-order valence-electron chi connectivity index (χ4n) is 1.53. The number of aromatic hydroxyl groups is 1. The van der Waals surface area contributed by atoms with E-state index in [4.69, 9.17) is 0 Å². The minimum atomic E-state index is 0.249. The molecule has 2 N–H and O–H groups in total. The van der Waals surface area contributed by atoms with Gasteiger partial charge in [0.25, 0.3) is 0 Å². The molecule has 16 heavy (non-hydrogen) atoms. The molecule has 2 rings (SSSR count). The number of benzene rings is 2. The van der Waals surface area contributed by atoms with Gasteiger partial charge in [-0.05, 0) is 23.8 Å². The Bertz CT molecular complexity index is 492. The molecule has 0 bridgehead atoms. The normalized spacial score (nSPS) is 9.75. The second-order valence-corrected chi connectivity index (χ2v) is 3.36. The molecule has 0 heterocycles. The Kier molecular flexibility index (Phi) is 2.87. The van der Waals surface area contributed by atoms with Gasteiger partial charge in [-0.3, -0.25) is 4.79 Å². The number of carbonyl (C=O) groups excluding carboxylic acids is 1. The number of hydrogen-bond acceptors (Lipinski definition) is 2. The first-order valence-electron chi connectivity index (χ1n) is 4.90. The zero-order valence-corrected chi connectivity index (χ0v) is 8.55. The zero-order valence-electron chi connectivity index (χ0n) is 8.55. The molecule has 0 aliphatic heterocycles. The van der Waals surface area contributed by atoms with Crippen LogP contribution in [0.15, 0.2) is 48.5 Å². The topological polar surface area (TPSA) is 49.3 Å². The lowest BCUT2D eigenvalue weighted by Gasteiger charge is -2.05. The lowest BCUT2D eigenvalue weighted by Crippen LogP contribution is -1.92. The highest BCUT2D eigenvalue weighted by atomic mass is 16.3. The van der Waals surface area contributed by atoms with Gasteiger partial charge in [-0.1, -0.05) is 30.3 Å². The van der Waals surface area contributed by atoms with Crippen molar-refractivity contribution in [3.05, 3.63) is 48.5 Å². The number of anilines is 1. The van der Waals surface area contributed by atoms with Crippen molar-refractivity contribution in [2.75, 3.05) is 5.32 Å². The summed E-state index contributed by atoms with van der Waals surface area (Å²) in [6.07, 6.45) is 0.634. The summed E-state index contributed by atoms with van der Waals surface area (Å²) < 4.78 is 0. The van der Waals surface area contributed by atoms with Crippen LogP contribution >= 0.6 is 0 Å². The number of phenolic OH excluding ortho intramolecular Hbond substituents is 1. The molecule has 0 spiro atoms. The van der Waals surface area contributed by atoms with Crippen LogP contribution in [0.2, 0.25) is 0 Å². The van der Waals surface area contributed by atoms with Crippen LogP contribution in [0.1, 0.15) is 0 Å². The standard InChI is InChI=1S/C13H11NO2/c15-9-14-11-7-5-10(6-8-11)12-3-1-2-4-13(12)16/h1-9,16H,(H,14,15). The van der Waals surface area contributed by atoms with Gasteiger partial charge in [-0.15, -0.1) is 0 Å². The highest BCUT2D eigenvalue weighted by Crippen LogP contribution is 2.29. The Morgan fingerprint density at radius 3 is 2.31 bits per heavy atom. The molecule has 0 radical (unpaired) electrons. The summed E-state index contributed by atoms with van der Waals surface area (Å²) in [5.41, 5.74) is 2.42. The monoisotopic (exact) mass is 213 g/mol. The molecule has 0 aromatic heterocycles.